The van der Waals surface area contributed by atoms with Crippen LogP contribution in [0.15, 0.2) is 35.7 Å². The molecular weight excluding hydrogens is 214 g/mol. The molecule has 1 aliphatic carbocycles. The van der Waals surface area contributed by atoms with Gasteiger partial charge in [0.25, 0.3) is 0 Å². The minimum Gasteiger partial charge on any atom is -0.506 e. The van der Waals surface area contributed by atoms with E-state index < -0.39 is 0 Å². The SMILES string of the molecule is CCC/C=C1\C(=O)C(c2ccnc(C)c2)=C1O. The Bertz CT molecular complexity index is 527. The molecule has 0 saturated heterocycles. The van der Waals surface area contributed by atoms with Crippen molar-refractivity contribution in [3.05, 3.63) is 47.0 Å². The molecule has 1 N–H and O–H groups in total. The third-order valence-corrected chi connectivity index (χ3v) is 2.79. The van der Waals surface area contributed by atoms with Crippen LogP contribution in [0.25, 0.3) is 5.57 Å². The maximum absolute atomic E-state index is 11.9. The van der Waals surface area contributed by atoms with Crippen molar-refractivity contribution in [2.75, 3.05) is 0 Å². The normalized spacial score (nSPS) is 17.5. The Kier molecular flexibility index (Phi) is 3.09. The molecule has 1 aliphatic rings. The van der Waals surface area contributed by atoms with Crippen molar-refractivity contribution in [1.82, 2.24) is 4.98 Å². The molecular formula is C14H15NO2. The van der Waals surface area contributed by atoms with Crippen molar-refractivity contribution >= 4 is 11.4 Å². The van der Waals surface area contributed by atoms with E-state index in [0.717, 1.165) is 24.1 Å². The van der Waals surface area contributed by atoms with Gasteiger partial charge in [0.15, 0.2) is 0 Å². The molecule has 3 heteroatoms. The van der Waals surface area contributed by atoms with Crippen molar-refractivity contribution < 1.29 is 9.90 Å². The number of hydrogen-bond donors (Lipinski definition) is 1. The first-order valence-corrected chi connectivity index (χ1v) is 5.76. The van der Waals surface area contributed by atoms with E-state index in [1.807, 2.05) is 13.8 Å². The van der Waals surface area contributed by atoms with Crippen molar-refractivity contribution in [2.24, 2.45) is 0 Å². The summed E-state index contributed by atoms with van der Waals surface area (Å²) < 4.78 is 0. The highest BCUT2D eigenvalue weighted by Gasteiger charge is 2.34. The number of hydrogen-bond acceptors (Lipinski definition) is 3. The van der Waals surface area contributed by atoms with Crippen LogP contribution in [0.1, 0.15) is 31.0 Å². The lowest BCUT2D eigenvalue weighted by Gasteiger charge is -2.21. The molecule has 0 unspecified atom stereocenters. The Morgan fingerprint density at radius 2 is 2.24 bits per heavy atom. The Balaban J connectivity index is 2.36. The van der Waals surface area contributed by atoms with E-state index in [1.54, 1.807) is 24.4 Å². The highest BCUT2D eigenvalue weighted by Crippen LogP contribution is 2.36. The monoisotopic (exact) mass is 229 g/mol. The summed E-state index contributed by atoms with van der Waals surface area (Å²) in [5, 5.41) is 9.88. The van der Waals surface area contributed by atoms with E-state index in [0.29, 0.717) is 11.1 Å². The van der Waals surface area contributed by atoms with Crippen LogP contribution in [0, 0.1) is 6.92 Å². The molecule has 0 amide bonds. The van der Waals surface area contributed by atoms with E-state index >= 15 is 0 Å². The number of aliphatic hydroxyl groups is 1. The number of ketones is 1. The fourth-order valence-corrected chi connectivity index (χ4v) is 1.87. The first-order valence-electron chi connectivity index (χ1n) is 5.76. The number of pyridine rings is 1. The van der Waals surface area contributed by atoms with Crippen LogP contribution in [-0.4, -0.2) is 15.9 Å². The minimum atomic E-state index is -0.0680. The predicted octanol–water partition coefficient (Wildman–Crippen LogP) is 2.97. The summed E-state index contributed by atoms with van der Waals surface area (Å²) in [5.41, 5.74) is 2.45. The number of carbonyl (C=O) groups is 1. The summed E-state index contributed by atoms with van der Waals surface area (Å²) in [6.07, 6.45) is 5.22. The molecule has 0 aromatic carbocycles. The molecule has 2 rings (SSSR count). The molecule has 17 heavy (non-hydrogen) atoms. The zero-order chi connectivity index (χ0) is 12.4. The molecule has 1 aromatic heterocycles. The number of aryl methyl sites for hydroxylation is 1. The van der Waals surface area contributed by atoms with Crippen molar-refractivity contribution in [2.45, 2.75) is 26.7 Å². The second-order valence-corrected chi connectivity index (χ2v) is 4.15. The molecule has 1 heterocycles. The third-order valence-electron chi connectivity index (χ3n) is 2.79. The number of Topliss-reactive ketones (excluding diaryl/α,β-unsaturated/α-hetero) is 1. The standard InChI is InChI=1S/C14H15NO2/c1-3-4-5-11-13(16)12(14(11)17)10-6-7-15-9(2)8-10/h5-8,16H,3-4H2,1-2H3/b11-5-. The zero-order valence-electron chi connectivity index (χ0n) is 10.0. The van der Waals surface area contributed by atoms with Gasteiger partial charge in [-0.3, -0.25) is 9.78 Å². The van der Waals surface area contributed by atoms with Crippen LogP contribution in [-0.2, 0) is 4.79 Å². The molecule has 0 fully saturated rings. The van der Waals surface area contributed by atoms with Crippen LogP contribution >= 0.6 is 0 Å². The van der Waals surface area contributed by atoms with Gasteiger partial charge in [-0.1, -0.05) is 19.4 Å². The molecule has 1 aromatic rings. The first-order chi connectivity index (χ1) is 8.15. The van der Waals surface area contributed by atoms with Crippen LogP contribution in [0.3, 0.4) is 0 Å². The van der Waals surface area contributed by atoms with Gasteiger partial charge in [-0.05, 0) is 31.0 Å². The first kappa shape index (κ1) is 11.6. The number of unbranched alkanes of at least 4 members (excludes halogenated alkanes) is 1. The lowest BCUT2D eigenvalue weighted by molar-refractivity contribution is -0.111. The van der Waals surface area contributed by atoms with E-state index in [9.17, 15) is 9.90 Å². The molecule has 88 valence electrons. The number of allylic oxidation sites excluding steroid dienone is 3. The summed E-state index contributed by atoms with van der Waals surface area (Å²) in [5.74, 6) is 0.0515. The summed E-state index contributed by atoms with van der Waals surface area (Å²) >= 11 is 0. The van der Waals surface area contributed by atoms with Gasteiger partial charge in [0.05, 0.1) is 11.1 Å². The summed E-state index contributed by atoms with van der Waals surface area (Å²) in [6, 6.07) is 3.55. The third kappa shape index (κ3) is 2.00. The van der Waals surface area contributed by atoms with Gasteiger partial charge in [-0.15, -0.1) is 0 Å². The lowest BCUT2D eigenvalue weighted by atomic mass is 9.83. The number of nitrogens with zero attached hydrogens (tertiary/aromatic N) is 1. The van der Waals surface area contributed by atoms with Crippen LogP contribution in [0.4, 0.5) is 0 Å². The Hall–Kier alpha value is -1.90. The van der Waals surface area contributed by atoms with Crippen molar-refractivity contribution in [3.8, 4) is 0 Å². The van der Waals surface area contributed by atoms with E-state index in [4.69, 9.17) is 0 Å². The number of aliphatic hydroxyl groups excluding tert-OH is 1. The summed E-state index contributed by atoms with van der Waals surface area (Å²) in [6.45, 7) is 3.90. The molecule has 0 saturated carbocycles. The summed E-state index contributed by atoms with van der Waals surface area (Å²) in [4.78, 5) is 16.0. The van der Waals surface area contributed by atoms with E-state index in [-0.39, 0.29) is 11.5 Å². The van der Waals surface area contributed by atoms with E-state index in [2.05, 4.69) is 4.98 Å². The van der Waals surface area contributed by atoms with Gasteiger partial charge in [0, 0.05) is 11.9 Å². The predicted molar refractivity (Wildman–Crippen MR) is 66.5 cm³/mol. The largest absolute Gasteiger partial charge is 0.506 e. The van der Waals surface area contributed by atoms with Crippen molar-refractivity contribution in [3.63, 3.8) is 0 Å². The minimum absolute atomic E-state index is 0.0680. The zero-order valence-corrected chi connectivity index (χ0v) is 10.0. The smallest absolute Gasteiger partial charge is 0.200 e. The second kappa shape index (κ2) is 4.53. The Morgan fingerprint density at radius 3 is 2.82 bits per heavy atom. The number of aromatic nitrogens is 1. The van der Waals surface area contributed by atoms with Crippen molar-refractivity contribution in [1.29, 1.82) is 0 Å². The maximum atomic E-state index is 11.9. The van der Waals surface area contributed by atoms with Gasteiger partial charge in [0.2, 0.25) is 5.78 Å². The van der Waals surface area contributed by atoms with Gasteiger partial charge in [0.1, 0.15) is 5.76 Å². The Labute approximate surface area is 101 Å². The number of rotatable bonds is 3. The van der Waals surface area contributed by atoms with Gasteiger partial charge in [-0.25, -0.2) is 0 Å². The average Bonchev–Trinajstić information content (AvgIpc) is 2.30. The fourth-order valence-electron chi connectivity index (χ4n) is 1.87. The van der Waals surface area contributed by atoms with Crippen LogP contribution in [0.2, 0.25) is 0 Å². The topological polar surface area (TPSA) is 50.2 Å². The highest BCUT2D eigenvalue weighted by molar-refractivity contribution is 6.38. The van der Waals surface area contributed by atoms with Gasteiger partial charge in [-0.2, -0.15) is 0 Å². The van der Waals surface area contributed by atoms with E-state index in [1.165, 1.54) is 0 Å². The molecule has 0 spiro atoms. The Morgan fingerprint density at radius 1 is 1.47 bits per heavy atom. The summed E-state index contributed by atoms with van der Waals surface area (Å²) in [7, 11) is 0. The second-order valence-electron chi connectivity index (χ2n) is 4.15. The lowest BCUT2D eigenvalue weighted by Crippen LogP contribution is -2.21. The van der Waals surface area contributed by atoms with Crippen LogP contribution in [0.5, 0.6) is 0 Å². The quantitative estimate of drug-likeness (QED) is 0.811. The molecule has 0 aliphatic heterocycles. The van der Waals surface area contributed by atoms with Crippen LogP contribution < -0.4 is 0 Å². The highest BCUT2D eigenvalue weighted by atomic mass is 16.3. The molecule has 0 atom stereocenters. The maximum Gasteiger partial charge on any atom is 0.200 e. The number of carbonyl (C=O) groups excluding carboxylic acids is 1. The average molecular weight is 229 g/mol. The molecule has 0 bridgehead atoms. The van der Waals surface area contributed by atoms with Gasteiger partial charge >= 0.3 is 0 Å². The molecule has 3 nitrogen and oxygen atoms in total. The molecule has 0 radical (unpaired) electrons. The fraction of sp³-hybridized carbons (Fsp3) is 0.286. The van der Waals surface area contributed by atoms with Gasteiger partial charge < -0.3 is 5.11 Å².